The third-order valence-corrected chi connectivity index (χ3v) is 9.86. The van der Waals surface area contributed by atoms with Crippen molar-refractivity contribution in [3.8, 4) is 0 Å². The molecule has 0 amide bonds. The molecule has 1 aromatic heterocycles. The second-order valence-electron chi connectivity index (χ2n) is 8.68. The van der Waals surface area contributed by atoms with E-state index in [1.54, 1.807) is 23.1 Å². The van der Waals surface area contributed by atoms with E-state index in [0.717, 1.165) is 41.6 Å². The van der Waals surface area contributed by atoms with E-state index in [2.05, 4.69) is 10.6 Å². The molecular formula is C25H24N2NaO6S4. The van der Waals surface area contributed by atoms with Gasteiger partial charge in [0.2, 0.25) is 5.52 Å². The molecule has 0 saturated heterocycles. The van der Waals surface area contributed by atoms with Gasteiger partial charge in [0.15, 0.2) is 6.54 Å². The Morgan fingerprint density at radius 1 is 0.947 bits per heavy atom. The minimum absolute atomic E-state index is 0. The maximum atomic E-state index is 11.3. The summed E-state index contributed by atoms with van der Waals surface area (Å²) in [5, 5.41) is 3.90. The van der Waals surface area contributed by atoms with Crippen LogP contribution in [0.2, 0.25) is 0 Å². The van der Waals surface area contributed by atoms with Gasteiger partial charge < -0.3 is 9.45 Å². The molecule has 0 bridgehead atoms. The van der Waals surface area contributed by atoms with Gasteiger partial charge in [-0.05, 0) is 36.1 Å². The molecule has 4 aromatic rings. The number of nitrogens with zero attached hydrogens (tertiary/aromatic N) is 2. The molecule has 0 aliphatic carbocycles. The summed E-state index contributed by atoms with van der Waals surface area (Å²) >= 11 is 3.15. The Kier molecular flexibility index (Phi) is 9.28. The van der Waals surface area contributed by atoms with E-state index in [0.29, 0.717) is 13.1 Å². The van der Waals surface area contributed by atoms with E-state index in [1.165, 1.54) is 0 Å². The summed E-state index contributed by atoms with van der Waals surface area (Å²) in [5.74, 6) is -0.776. The molecule has 1 aliphatic rings. The molecule has 0 spiro atoms. The van der Waals surface area contributed by atoms with Gasteiger partial charge in [0, 0.05) is 53.2 Å². The normalized spacial score (nSPS) is 14.8. The predicted octanol–water partition coefficient (Wildman–Crippen LogP) is 4.09. The van der Waals surface area contributed by atoms with Crippen molar-refractivity contribution >= 4 is 106 Å². The molecule has 0 unspecified atom stereocenters. The Bertz CT molecular complexity index is 1740. The summed E-state index contributed by atoms with van der Waals surface area (Å²) in [7, 11) is -8.40. The first-order valence-corrected chi connectivity index (χ1v) is 16.4. The monoisotopic (exact) mass is 599 g/mol. The summed E-state index contributed by atoms with van der Waals surface area (Å²) in [5.41, 5.74) is 1.95. The molecule has 3 aromatic carbocycles. The summed E-state index contributed by atoms with van der Waals surface area (Å²) < 4.78 is 68.8. The van der Waals surface area contributed by atoms with Gasteiger partial charge in [-0.1, -0.05) is 59.5 Å². The number of rotatable bonds is 9. The smallest absolute Gasteiger partial charge is 0.265 e. The Balaban J connectivity index is 0.00000336. The van der Waals surface area contributed by atoms with Crippen LogP contribution < -0.4 is 9.47 Å². The van der Waals surface area contributed by atoms with E-state index >= 15 is 0 Å². The molecule has 0 atom stereocenters. The Morgan fingerprint density at radius 3 is 2.45 bits per heavy atom. The summed E-state index contributed by atoms with van der Waals surface area (Å²) in [6.45, 7) is 0.757. The molecule has 8 nitrogen and oxygen atoms in total. The zero-order valence-corrected chi connectivity index (χ0v) is 25.9. The van der Waals surface area contributed by atoms with Crippen LogP contribution in [0.15, 0.2) is 70.6 Å². The minimum atomic E-state index is -4.33. The first-order chi connectivity index (χ1) is 17.6. The average Bonchev–Trinajstić information content (AvgIpc) is 3.36. The van der Waals surface area contributed by atoms with Crippen LogP contribution in [0.5, 0.6) is 0 Å². The number of anilines is 1. The molecule has 13 heteroatoms. The number of aromatic nitrogens is 1. The summed E-state index contributed by atoms with van der Waals surface area (Å²) in [4.78, 5) is 3.08. The van der Waals surface area contributed by atoms with Gasteiger partial charge in [0.1, 0.15) is 4.70 Å². The van der Waals surface area contributed by atoms with Crippen LogP contribution >= 0.6 is 23.1 Å². The molecular weight excluding hydrogens is 576 g/mol. The molecule has 1 N–H and O–H groups in total. The van der Waals surface area contributed by atoms with Crippen LogP contribution in [0.1, 0.15) is 17.8 Å². The van der Waals surface area contributed by atoms with E-state index < -0.39 is 26.0 Å². The second kappa shape index (κ2) is 11.9. The number of benzene rings is 3. The second-order valence-corrected chi connectivity index (χ2v) is 13.9. The fourth-order valence-corrected chi connectivity index (χ4v) is 7.82. The van der Waals surface area contributed by atoms with Crippen LogP contribution in [0.25, 0.3) is 27.1 Å². The summed E-state index contributed by atoms with van der Waals surface area (Å²) in [6.07, 6.45) is 2.47. The largest absolute Gasteiger partial charge is 0.748 e. The zero-order valence-electron chi connectivity index (χ0n) is 20.6. The van der Waals surface area contributed by atoms with Crippen molar-refractivity contribution in [3.63, 3.8) is 0 Å². The SMILES string of the molecule is O=S(=O)([O-])CCC[n+]1c(C=C2Sc3ccccc3N2CCCS(=O)(=O)O)sc2ccc3ccccc3c21.[Na]. The molecule has 5 rings (SSSR count). The fraction of sp³-hybridized carbons (Fsp3) is 0.240. The third kappa shape index (κ3) is 6.80. The maximum absolute atomic E-state index is 11.3. The molecule has 2 heterocycles. The number of hydrogen-bond donors (Lipinski definition) is 1. The van der Waals surface area contributed by atoms with Crippen molar-refractivity contribution in [3.05, 3.63) is 70.7 Å². The quantitative estimate of drug-likeness (QED) is 0.174. The topological polar surface area (TPSA) is 119 Å². The Hall–Kier alpha value is -1.48. The molecule has 195 valence electrons. The third-order valence-electron chi connectivity index (χ3n) is 6.06. The van der Waals surface area contributed by atoms with Crippen molar-refractivity contribution in [2.24, 2.45) is 0 Å². The first kappa shape index (κ1) is 29.5. The van der Waals surface area contributed by atoms with E-state index in [-0.39, 0.29) is 48.2 Å². The van der Waals surface area contributed by atoms with Gasteiger partial charge in [-0.15, -0.1) is 0 Å². The van der Waals surface area contributed by atoms with Gasteiger partial charge >= 0.3 is 0 Å². The zero-order chi connectivity index (χ0) is 26.2. The number of para-hydroxylation sites is 1. The number of aryl methyl sites for hydroxylation is 1. The van der Waals surface area contributed by atoms with Crippen molar-refractivity contribution in [1.82, 2.24) is 0 Å². The number of hydrogen-bond acceptors (Lipinski definition) is 8. The number of fused-ring (bicyclic) bond motifs is 4. The first-order valence-electron chi connectivity index (χ1n) is 11.6. The van der Waals surface area contributed by atoms with Crippen LogP contribution in [0, 0.1) is 0 Å². The molecule has 1 aliphatic heterocycles. The van der Waals surface area contributed by atoms with Crippen LogP contribution in [0.3, 0.4) is 0 Å². The fourth-order valence-electron chi connectivity index (χ4n) is 4.50. The predicted molar refractivity (Wildman–Crippen MR) is 153 cm³/mol. The van der Waals surface area contributed by atoms with Crippen LogP contribution in [-0.2, 0) is 26.8 Å². The van der Waals surface area contributed by atoms with Gasteiger partial charge in [0.25, 0.3) is 15.1 Å². The maximum Gasteiger partial charge on any atom is 0.265 e. The average molecular weight is 600 g/mol. The summed E-state index contributed by atoms with van der Waals surface area (Å²) in [6, 6.07) is 19.9. The molecule has 1 radical (unpaired) electrons. The van der Waals surface area contributed by atoms with E-state index in [9.17, 15) is 25.9 Å². The minimum Gasteiger partial charge on any atom is -0.748 e. The van der Waals surface area contributed by atoms with Gasteiger partial charge in [-0.25, -0.2) is 8.42 Å². The van der Waals surface area contributed by atoms with Gasteiger partial charge in [0.05, 0.1) is 38.0 Å². The Labute approximate surface area is 252 Å². The van der Waals surface area contributed by atoms with E-state index in [1.807, 2.05) is 65.6 Å². The number of thiazole rings is 1. The molecule has 0 saturated carbocycles. The standard InChI is InChI=1S/C25H24N2O6S4.Na/c28-36(29,30)15-5-13-26-20-9-3-4-10-21(20)34-23(26)17-24-27(14-6-16-37(31,32)33)25-19-8-2-1-7-18(19)11-12-22(25)35-24;/h1-4,7-12,17H,5-6,13-16H2,(H-,28,29,30,31,32,33);. The Morgan fingerprint density at radius 2 is 1.68 bits per heavy atom. The van der Waals surface area contributed by atoms with Crippen molar-refractivity contribution in [2.45, 2.75) is 24.3 Å². The van der Waals surface area contributed by atoms with Crippen molar-refractivity contribution in [2.75, 3.05) is 23.0 Å². The molecule has 38 heavy (non-hydrogen) atoms. The van der Waals surface area contributed by atoms with Gasteiger partial charge in [-0.3, -0.25) is 4.55 Å². The van der Waals surface area contributed by atoms with E-state index in [4.69, 9.17) is 0 Å². The van der Waals surface area contributed by atoms with Crippen molar-refractivity contribution in [1.29, 1.82) is 0 Å². The number of thioether (sulfide) groups is 1. The van der Waals surface area contributed by atoms with Crippen LogP contribution in [-0.4, -0.2) is 73.5 Å². The van der Waals surface area contributed by atoms with Crippen molar-refractivity contribution < 1.29 is 30.5 Å². The van der Waals surface area contributed by atoms with Crippen LogP contribution in [0.4, 0.5) is 5.69 Å². The van der Waals surface area contributed by atoms with Gasteiger partial charge in [-0.2, -0.15) is 13.0 Å². The molecule has 0 fully saturated rings.